The molecule has 0 bridgehead atoms. The lowest BCUT2D eigenvalue weighted by atomic mass is 9.99. The molecule has 1 aromatic carbocycles. The highest BCUT2D eigenvalue weighted by atomic mass is 32.2. The molecule has 0 saturated heterocycles. The predicted octanol–water partition coefficient (Wildman–Crippen LogP) is 2.88. The van der Waals surface area contributed by atoms with Gasteiger partial charge in [0, 0.05) is 17.6 Å². The van der Waals surface area contributed by atoms with Gasteiger partial charge >= 0.3 is 0 Å². The fourth-order valence-corrected chi connectivity index (χ4v) is 3.90. The third kappa shape index (κ3) is 3.36. The molecule has 3 heterocycles. The summed E-state index contributed by atoms with van der Waals surface area (Å²) in [5.74, 6) is 0.0490. The minimum atomic E-state index is -0.578. The highest BCUT2D eigenvalue weighted by Gasteiger charge is 2.34. The van der Waals surface area contributed by atoms with E-state index in [1.165, 1.54) is 17.8 Å². The number of anilines is 1. The van der Waals surface area contributed by atoms with Crippen LogP contribution in [0.3, 0.4) is 0 Å². The van der Waals surface area contributed by atoms with Crippen molar-refractivity contribution < 1.29 is 9.18 Å². The van der Waals surface area contributed by atoms with Crippen LogP contribution in [-0.2, 0) is 10.5 Å². The van der Waals surface area contributed by atoms with Crippen molar-refractivity contribution in [3.8, 4) is 0 Å². The second-order valence-corrected chi connectivity index (χ2v) is 7.17. The van der Waals surface area contributed by atoms with Gasteiger partial charge < -0.3 is 11.1 Å². The highest BCUT2D eigenvalue weighted by Crippen LogP contribution is 2.35. The molecule has 0 fully saturated rings. The van der Waals surface area contributed by atoms with E-state index in [4.69, 9.17) is 5.73 Å². The molecule has 0 aliphatic carbocycles. The SMILES string of the molecule is CC1=C(C(N)=O)[C@@H](c2ccccn2)n2nc(SCc3ccccc3F)nc2N1. The summed E-state index contributed by atoms with van der Waals surface area (Å²) in [4.78, 5) is 21.0. The monoisotopic (exact) mass is 396 g/mol. The fourth-order valence-electron chi connectivity index (χ4n) is 3.08. The van der Waals surface area contributed by atoms with E-state index in [9.17, 15) is 9.18 Å². The summed E-state index contributed by atoms with van der Waals surface area (Å²) in [6, 6.07) is 11.4. The molecule has 4 rings (SSSR count). The second-order valence-electron chi connectivity index (χ2n) is 6.23. The van der Waals surface area contributed by atoms with E-state index in [1.807, 2.05) is 12.1 Å². The van der Waals surface area contributed by atoms with Crippen LogP contribution in [0.4, 0.5) is 10.3 Å². The van der Waals surface area contributed by atoms with E-state index < -0.39 is 11.9 Å². The average molecular weight is 396 g/mol. The first kappa shape index (κ1) is 18.2. The number of fused-ring (bicyclic) bond motifs is 1. The standard InChI is InChI=1S/C19H17FN6OS/c1-11-15(17(21)27)16(14-8-4-5-9-22-14)26-18(23-11)24-19(25-26)28-10-12-6-2-3-7-13(12)20/h2-9,16H,10H2,1H3,(H2,21,27)(H,23,24,25)/t16-/m1/s1. The van der Waals surface area contributed by atoms with Gasteiger partial charge in [-0.1, -0.05) is 36.0 Å². The van der Waals surface area contributed by atoms with Gasteiger partial charge in [-0.25, -0.2) is 9.07 Å². The van der Waals surface area contributed by atoms with Crippen molar-refractivity contribution in [3.63, 3.8) is 0 Å². The molecule has 142 valence electrons. The summed E-state index contributed by atoms with van der Waals surface area (Å²) >= 11 is 1.31. The van der Waals surface area contributed by atoms with Crippen molar-refractivity contribution in [3.05, 3.63) is 77.0 Å². The third-order valence-corrected chi connectivity index (χ3v) is 5.27. The first-order valence-corrected chi connectivity index (χ1v) is 9.54. The Morgan fingerprint density at radius 1 is 1.29 bits per heavy atom. The Kier molecular flexibility index (Phi) is 4.82. The highest BCUT2D eigenvalue weighted by molar-refractivity contribution is 7.98. The lowest BCUT2D eigenvalue weighted by Gasteiger charge is -2.26. The second kappa shape index (κ2) is 7.43. The number of halogens is 1. The van der Waals surface area contributed by atoms with Gasteiger partial charge in [-0.2, -0.15) is 4.98 Å². The number of rotatable bonds is 5. The van der Waals surface area contributed by atoms with Crippen LogP contribution in [0, 0.1) is 5.82 Å². The Hall–Kier alpha value is -3.20. The number of hydrogen-bond donors (Lipinski definition) is 2. The Morgan fingerprint density at radius 3 is 2.79 bits per heavy atom. The number of hydrogen-bond acceptors (Lipinski definition) is 6. The molecular weight excluding hydrogens is 379 g/mol. The van der Waals surface area contributed by atoms with E-state index in [2.05, 4.69) is 20.4 Å². The summed E-state index contributed by atoms with van der Waals surface area (Å²) in [6.07, 6.45) is 1.65. The number of carbonyl (C=O) groups excluding carboxylic acids is 1. The molecule has 1 atom stereocenters. The molecule has 28 heavy (non-hydrogen) atoms. The lowest BCUT2D eigenvalue weighted by Crippen LogP contribution is -2.32. The Bertz CT molecular complexity index is 1070. The van der Waals surface area contributed by atoms with Crippen LogP contribution in [0.25, 0.3) is 0 Å². The maximum Gasteiger partial charge on any atom is 0.248 e. The summed E-state index contributed by atoms with van der Waals surface area (Å²) in [7, 11) is 0. The van der Waals surface area contributed by atoms with Gasteiger partial charge in [0.25, 0.3) is 0 Å². The van der Waals surface area contributed by atoms with Crippen LogP contribution < -0.4 is 11.1 Å². The number of pyridine rings is 1. The topological polar surface area (TPSA) is 98.7 Å². The van der Waals surface area contributed by atoms with Gasteiger partial charge in [0.1, 0.15) is 11.9 Å². The number of aromatic nitrogens is 4. The summed E-state index contributed by atoms with van der Waals surface area (Å²) in [5, 5.41) is 8.06. The fraction of sp³-hybridized carbons (Fsp3) is 0.158. The van der Waals surface area contributed by atoms with Crippen molar-refractivity contribution >= 4 is 23.6 Å². The van der Waals surface area contributed by atoms with Gasteiger partial charge in [0.2, 0.25) is 17.0 Å². The first-order chi connectivity index (χ1) is 13.5. The zero-order chi connectivity index (χ0) is 19.7. The number of primary amides is 1. The summed E-state index contributed by atoms with van der Waals surface area (Å²) in [5.41, 5.74) is 7.81. The van der Waals surface area contributed by atoms with E-state index in [-0.39, 0.29) is 5.82 Å². The Morgan fingerprint density at radius 2 is 2.07 bits per heavy atom. The molecule has 0 saturated carbocycles. The molecule has 1 aliphatic rings. The van der Waals surface area contributed by atoms with Crippen molar-refractivity contribution in [2.45, 2.75) is 23.9 Å². The molecule has 9 heteroatoms. The van der Waals surface area contributed by atoms with Gasteiger partial charge in [-0.15, -0.1) is 5.10 Å². The average Bonchev–Trinajstić information content (AvgIpc) is 3.09. The van der Waals surface area contributed by atoms with E-state index >= 15 is 0 Å². The molecule has 1 amide bonds. The number of amides is 1. The molecule has 7 nitrogen and oxygen atoms in total. The number of allylic oxidation sites excluding steroid dienone is 1. The molecular formula is C19H17FN6OS. The van der Waals surface area contributed by atoms with E-state index in [0.29, 0.717) is 39.4 Å². The molecule has 1 aliphatic heterocycles. The van der Waals surface area contributed by atoms with Gasteiger partial charge in [-0.3, -0.25) is 9.78 Å². The maximum absolute atomic E-state index is 13.9. The van der Waals surface area contributed by atoms with Gasteiger partial charge in [-0.05, 0) is 30.7 Å². The van der Waals surface area contributed by atoms with Gasteiger partial charge in [0.15, 0.2) is 0 Å². The molecule has 0 spiro atoms. The lowest BCUT2D eigenvalue weighted by molar-refractivity contribution is -0.115. The number of nitrogens with one attached hydrogen (secondary N) is 1. The number of carbonyl (C=O) groups is 1. The summed E-state index contributed by atoms with van der Waals surface area (Å²) < 4.78 is 15.5. The number of benzene rings is 1. The van der Waals surface area contributed by atoms with Crippen molar-refractivity contribution in [1.82, 2.24) is 19.7 Å². The number of nitrogens with two attached hydrogens (primary N) is 1. The van der Waals surface area contributed by atoms with Crippen molar-refractivity contribution in [2.75, 3.05) is 5.32 Å². The molecule has 3 aromatic rings. The summed E-state index contributed by atoms with van der Waals surface area (Å²) in [6.45, 7) is 1.76. The van der Waals surface area contributed by atoms with Crippen LogP contribution in [0.5, 0.6) is 0 Å². The van der Waals surface area contributed by atoms with Crippen LogP contribution >= 0.6 is 11.8 Å². The van der Waals surface area contributed by atoms with Crippen LogP contribution in [0.15, 0.2) is 65.1 Å². The largest absolute Gasteiger partial charge is 0.366 e. The Labute approximate surface area is 164 Å². The molecule has 0 radical (unpaired) electrons. The minimum absolute atomic E-state index is 0.267. The zero-order valence-corrected chi connectivity index (χ0v) is 15.8. The molecule has 2 aromatic heterocycles. The van der Waals surface area contributed by atoms with Crippen LogP contribution in [0.2, 0.25) is 0 Å². The number of thioether (sulfide) groups is 1. The quantitative estimate of drug-likeness (QED) is 0.644. The third-order valence-electron chi connectivity index (χ3n) is 4.38. The van der Waals surface area contributed by atoms with Gasteiger partial charge in [0.05, 0.1) is 11.3 Å². The predicted molar refractivity (Wildman–Crippen MR) is 104 cm³/mol. The van der Waals surface area contributed by atoms with Crippen molar-refractivity contribution in [2.24, 2.45) is 5.73 Å². The normalized spacial score (nSPS) is 15.9. The van der Waals surface area contributed by atoms with Crippen LogP contribution in [0.1, 0.15) is 24.2 Å². The zero-order valence-electron chi connectivity index (χ0n) is 15.0. The van der Waals surface area contributed by atoms with Crippen LogP contribution in [-0.4, -0.2) is 25.7 Å². The maximum atomic E-state index is 13.9. The Balaban J connectivity index is 1.68. The molecule has 3 N–H and O–H groups in total. The molecule has 0 unspecified atom stereocenters. The number of nitrogens with zero attached hydrogens (tertiary/aromatic N) is 4. The first-order valence-electron chi connectivity index (χ1n) is 8.56. The smallest absolute Gasteiger partial charge is 0.248 e. The van der Waals surface area contributed by atoms with Crippen molar-refractivity contribution in [1.29, 1.82) is 0 Å². The van der Waals surface area contributed by atoms with E-state index in [0.717, 1.165) is 0 Å². The van der Waals surface area contributed by atoms with E-state index in [1.54, 1.807) is 42.1 Å². The minimum Gasteiger partial charge on any atom is -0.366 e.